The fraction of sp³-hybridized carbons (Fsp3) is 1.00. The van der Waals surface area contributed by atoms with E-state index in [2.05, 4.69) is 0 Å². The number of halogens is 6. The van der Waals surface area contributed by atoms with Gasteiger partial charge in [-0.05, 0) is 0 Å². The summed E-state index contributed by atoms with van der Waals surface area (Å²) < 4.78 is 72.4. The molecule has 0 bridgehead atoms. The maximum absolute atomic E-state index is 12.1. The second-order valence-electron chi connectivity index (χ2n) is 3.07. The zero-order valence-corrected chi connectivity index (χ0v) is 7.50. The molecular weight excluding hydrogens is 214 g/mol. The van der Waals surface area contributed by atoms with Gasteiger partial charge in [0.15, 0.2) is 0 Å². The Kier molecular flexibility index (Phi) is 3.48. The lowest BCUT2D eigenvalue weighted by Crippen LogP contribution is -2.60. The molecule has 0 aromatic carbocycles. The SMILES string of the molecule is CCC(C)C(O)(C(F)(F)F)C(F)(F)F. The molecule has 0 amide bonds. The van der Waals surface area contributed by atoms with Gasteiger partial charge in [-0.2, -0.15) is 26.3 Å². The van der Waals surface area contributed by atoms with E-state index >= 15 is 0 Å². The van der Waals surface area contributed by atoms with Gasteiger partial charge in [-0.1, -0.05) is 20.3 Å². The van der Waals surface area contributed by atoms with Crippen molar-refractivity contribution in [1.82, 2.24) is 0 Å². The van der Waals surface area contributed by atoms with Gasteiger partial charge in [0.05, 0.1) is 0 Å². The van der Waals surface area contributed by atoms with Crippen molar-refractivity contribution in [2.75, 3.05) is 0 Å². The van der Waals surface area contributed by atoms with E-state index in [9.17, 15) is 26.3 Å². The van der Waals surface area contributed by atoms with Crippen LogP contribution >= 0.6 is 0 Å². The summed E-state index contributed by atoms with van der Waals surface area (Å²) in [6.07, 6.45) is -11.8. The van der Waals surface area contributed by atoms with E-state index in [0.717, 1.165) is 6.92 Å². The second kappa shape index (κ2) is 3.60. The van der Waals surface area contributed by atoms with Crippen LogP contribution in [0.1, 0.15) is 20.3 Å². The standard InChI is InChI=1S/C7H10F6O/c1-3-4(2)5(14,6(8,9)10)7(11,12)13/h4,14H,3H2,1-2H3. The number of aliphatic hydroxyl groups is 1. The molecule has 0 saturated carbocycles. The Morgan fingerprint density at radius 1 is 1.00 bits per heavy atom. The summed E-state index contributed by atoms with van der Waals surface area (Å²) in [6, 6.07) is 0. The first-order valence-electron chi connectivity index (χ1n) is 3.84. The van der Waals surface area contributed by atoms with Crippen LogP contribution in [-0.2, 0) is 0 Å². The molecular formula is C7H10F6O. The molecule has 0 aliphatic rings. The molecule has 0 spiro atoms. The average Bonchev–Trinajstić information content (AvgIpc) is 1.97. The van der Waals surface area contributed by atoms with Crippen LogP contribution in [0.3, 0.4) is 0 Å². The van der Waals surface area contributed by atoms with Crippen LogP contribution in [0.2, 0.25) is 0 Å². The van der Waals surface area contributed by atoms with Gasteiger partial charge in [0.1, 0.15) is 0 Å². The summed E-state index contributed by atoms with van der Waals surface area (Å²) in [5.41, 5.74) is -4.62. The van der Waals surface area contributed by atoms with Crippen LogP contribution in [0.25, 0.3) is 0 Å². The van der Waals surface area contributed by atoms with E-state index in [1.807, 2.05) is 0 Å². The molecule has 1 unspecified atom stereocenters. The fourth-order valence-electron chi connectivity index (χ4n) is 1.01. The molecule has 0 aliphatic heterocycles. The zero-order chi connectivity index (χ0) is 11.8. The topological polar surface area (TPSA) is 20.2 Å². The Hall–Kier alpha value is -0.460. The Balaban J connectivity index is 5.29. The molecule has 0 aromatic rings. The monoisotopic (exact) mass is 224 g/mol. The van der Waals surface area contributed by atoms with Crippen molar-refractivity contribution in [3.8, 4) is 0 Å². The van der Waals surface area contributed by atoms with Gasteiger partial charge in [-0.25, -0.2) is 0 Å². The Labute approximate surface area is 76.7 Å². The van der Waals surface area contributed by atoms with E-state index in [4.69, 9.17) is 5.11 Å². The third kappa shape index (κ3) is 1.97. The molecule has 0 aromatic heterocycles. The van der Waals surface area contributed by atoms with Crippen molar-refractivity contribution in [3.63, 3.8) is 0 Å². The van der Waals surface area contributed by atoms with Crippen LogP contribution in [0.4, 0.5) is 26.3 Å². The summed E-state index contributed by atoms with van der Waals surface area (Å²) in [7, 11) is 0. The lowest BCUT2D eigenvalue weighted by atomic mass is 9.85. The van der Waals surface area contributed by atoms with E-state index in [1.54, 1.807) is 0 Å². The summed E-state index contributed by atoms with van der Waals surface area (Å²) in [5, 5.41) is 8.70. The summed E-state index contributed by atoms with van der Waals surface area (Å²) in [6.45, 7) is 1.86. The van der Waals surface area contributed by atoms with Gasteiger partial charge in [-0.3, -0.25) is 0 Å². The first-order chi connectivity index (χ1) is 5.98. The van der Waals surface area contributed by atoms with Crippen molar-refractivity contribution in [3.05, 3.63) is 0 Å². The molecule has 86 valence electrons. The third-order valence-corrected chi connectivity index (χ3v) is 2.19. The molecule has 0 rings (SSSR count). The summed E-state index contributed by atoms with van der Waals surface area (Å²) >= 11 is 0. The maximum Gasteiger partial charge on any atom is 0.426 e. The van der Waals surface area contributed by atoms with Crippen LogP contribution in [-0.4, -0.2) is 23.1 Å². The molecule has 1 N–H and O–H groups in total. The Bertz CT molecular complexity index is 179. The van der Waals surface area contributed by atoms with Gasteiger partial charge < -0.3 is 5.11 Å². The quantitative estimate of drug-likeness (QED) is 0.715. The first-order valence-corrected chi connectivity index (χ1v) is 3.84. The van der Waals surface area contributed by atoms with Gasteiger partial charge in [0.2, 0.25) is 0 Å². The molecule has 0 fully saturated rings. The Morgan fingerprint density at radius 3 is 1.36 bits per heavy atom. The van der Waals surface area contributed by atoms with Crippen molar-refractivity contribution < 1.29 is 31.4 Å². The number of rotatable bonds is 2. The predicted octanol–water partition coefficient (Wildman–Crippen LogP) is 2.89. The van der Waals surface area contributed by atoms with Gasteiger partial charge >= 0.3 is 12.4 Å². The molecule has 1 atom stereocenters. The molecule has 14 heavy (non-hydrogen) atoms. The molecule has 0 saturated heterocycles. The molecule has 0 radical (unpaired) electrons. The summed E-state index contributed by atoms with van der Waals surface area (Å²) in [5.74, 6) is -1.93. The minimum absolute atomic E-state index is 0.421. The smallest absolute Gasteiger partial charge is 0.373 e. The van der Waals surface area contributed by atoms with Crippen LogP contribution in [0, 0.1) is 5.92 Å². The highest BCUT2D eigenvalue weighted by atomic mass is 19.4. The van der Waals surface area contributed by atoms with Gasteiger partial charge in [0.25, 0.3) is 5.60 Å². The van der Waals surface area contributed by atoms with Crippen molar-refractivity contribution in [1.29, 1.82) is 0 Å². The maximum atomic E-state index is 12.1. The average molecular weight is 224 g/mol. The van der Waals surface area contributed by atoms with E-state index < -0.39 is 30.3 Å². The lowest BCUT2D eigenvalue weighted by molar-refractivity contribution is -0.383. The normalized spacial score (nSPS) is 16.9. The van der Waals surface area contributed by atoms with Gasteiger partial charge in [0, 0.05) is 5.92 Å². The first kappa shape index (κ1) is 13.5. The van der Waals surface area contributed by atoms with E-state index in [0.29, 0.717) is 6.92 Å². The second-order valence-corrected chi connectivity index (χ2v) is 3.07. The fourth-order valence-corrected chi connectivity index (χ4v) is 1.01. The highest BCUT2D eigenvalue weighted by molar-refractivity contribution is 4.97. The van der Waals surface area contributed by atoms with Crippen molar-refractivity contribution in [2.24, 2.45) is 5.92 Å². The summed E-state index contributed by atoms with van der Waals surface area (Å²) in [4.78, 5) is 0. The minimum atomic E-state index is -5.71. The Morgan fingerprint density at radius 2 is 1.29 bits per heavy atom. The van der Waals surface area contributed by atoms with Crippen molar-refractivity contribution >= 4 is 0 Å². The predicted molar refractivity (Wildman–Crippen MR) is 36.5 cm³/mol. The zero-order valence-electron chi connectivity index (χ0n) is 7.50. The van der Waals surface area contributed by atoms with Crippen LogP contribution in [0.5, 0.6) is 0 Å². The van der Waals surface area contributed by atoms with E-state index in [-0.39, 0.29) is 0 Å². The number of hydrogen-bond acceptors (Lipinski definition) is 1. The molecule has 0 aliphatic carbocycles. The van der Waals surface area contributed by atoms with Crippen LogP contribution in [0.15, 0.2) is 0 Å². The highest BCUT2D eigenvalue weighted by Gasteiger charge is 2.72. The number of hydrogen-bond donors (Lipinski definition) is 1. The molecule has 1 nitrogen and oxygen atoms in total. The van der Waals surface area contributed by atoms with Gasteiger partial charge in [-0.15, -0.1) is 0 Å². The largest absolute Gasteiger partial charge is 0.426 e. The van der Waals surface area contributed by atoms with Crippen LogP contribution < -0.4 is 0 Å². The van der Waals surface area contributed by atoms with Crippen molar-refractivity contribution in [2.45, 2.75) is 38.2 Å². The molecule has 7 heteroatoms. The lowest BCUT2D eigenvalue weighted by Gasteiger charge is -2.36. The number of alkyl halides is 6. The van der Waals surface area contributed by atoms with E-state index in [1.165, 1.54) is 0 Å². The molecule has 0 heterocycles. The minimum Gasteiger partial charge on any atom is -0.373 e. The third-order valence-electron chi connectivity index (χ3n) is 2.19. The highest BCUT2D eigenvalue weighted by Crippen LogP contribution is 2.48.